The summed E-state index contributed by atoms with van der Waals surface area (Å²) in [5, 5.41) is 5.78. The highest BCUT2D eigenvalue weighted by molar-refractivity contribution is 7.00. The second-order valence-electron chi connectivity index (χ2n) is 24.2. The Morgan fingerprint density at radius 2 is 1.24 bits per heavy atom. The highest BCUT2D eigenvalue weighted by atomic mass is 16.5. The first kappa shape index (κ1) is 41.9. The van der Waals surface area contributed by atoms with Gasteiger partial charge in [-0.2, -0.15) is 0 Å². The zero-order valence-corrected chi connectivity index (χ0v) is 41.8. The third-order valence-corrected chi connectivity index (χ3v) is 16.7. The van der Waals surface area contributed by atoms with Crippen LogP contribution in [0.25, 0.3) is 43.7 Å². The van der Waals surface area contributed by atoms with Crippen molar-refractivity contribution in [3.05, 3.63) is 149 Å². The molecule has 5 nitrogen and oxygen atoms in total. The Bertz CT molecular complexity index is 3670. The molecule has 3 aliphatic heterocycles. The second kappa shape index (κ2) is 13.5. The van der Waals surface area contributed by atoms with Crippen molar-refractivity contribution >= 4 is 101 Å². The van der Waals surface area contributed by atoms with Crippen molar-refractivity contribution < 1.29 is 13.6 Å². The standard InChI is InChI=1S/C62H61BN2O3/c1-35-26-50-54-51(27-35)65(49-19-15-18-40-41-28-36-16-13-14-17-37(36)29-52(41)67-56(40)49)48-23-20-38(58(2,3)4)30-47(48)63(54)57-55(42-32-44-45(33-53(42)68-57)60(7,8)25-24-59(44,5)6)64(50)39-21-22-43-46(31-39)62(11,12)66-34-61(43,9)10/h13-23,26-33H,24-25,34H2,1-12H3. The summed E-state index contributed by atoms with van der Waals surface area (Å²) < 4.78 is 21.4. The van der Waals surface area contributed by atoms with E-state index in [0.29, 0.717) is 6.61 Å². The van der Waals surface area contributed by atoms with Crippen molar-refractivity contribution in [3.63, 3.8) is 0 Å². The number of fused-ring (bicyclic) bond motifs is 12. The van der Waals surface area contributed by atoms with Gasteiger partial charge in [-0.1, -0.05) is 117 Å². The average molecular weight is 893 g/mol. The first-order chi connectivity index (χ1) is 32.2. The van der Waals surface area contributed by atoms with Crippen LogP contribution in [-0.2, 0) is 32.0 Å². The van der Waals surface area contributed by atoms with Gasteiger partial charge in [0.25, 0.3) is 6.71 Å². The smallest absolute Gasteiger partial charge is 0.297 e. The summed E-state index contributed by atoms with van der Waals surface area (Å²) in [7, 11) is 0. The Hall–Kier alpha value is -6.24. The molecule has 4 aliphatic rings. The van der Waals surface area contributed by atoms with Gasteiger partial charge in [0, 0.05) is 44.3 Å². The fourth-order valence-electron chi connectivity index (χ4n) is 12.6. The summed E-state index contributed by atoms with van der Waals surface area (Å²) in [4.78, 5) is 5.05. The molecule has 13 rings (SSSR count). The predicted octanol–water partition coefficient (Wildman–Crippen LogP) is 15.1. The summed E-state index contributed by atoms with van der Waals surface area (Å²) in [6.45, 7) is 28.5. The molecule has 0 unspecified atom stereocenters. The number of ether oxygens (including phenoxy) is 1. The molecule has 0 radical (unpaired) electrons. The molecule has 1 aliphatic carbocycles. The lowest BCUT2D eigenvalue weighted by Gasteiger charge is -2.44. The zero-order valence-electron chi connectivity index (χ0n) is 41.8. The second-order valence-corrected chi connectivity index (χ2v) is 24.2. The average Bonchev–Trinajstić information content (AvgIpc) is 3.85. The SMILES string of the molecule is Cc1cc2c3c(c1)N(c1cccc4c1oc1cc5ccccc5cc14)c1ccc(C(C)(C)C)cc1B3c1oc3cc4c(cc3c1N2c1ccc2c(c1)C(C)(C)OCC2(C)C)C(C)(C)CCC4(C)C. The minimum Gasteiger partial charge on any atom is -0.468 e. The number of nitrogens with zero attached hydrogens (tertiary/aromatic N) is 2. The summed E-state index contributed by atoms with van der Waals surface area (Å²) >= 11 is 0. The minimum absolute atomic E-state index is 0.0209. The Labute approximate surface area is 401 Å². The lowest BCUT2D eigenvalue weighted by molar-refractivity contribution is -0.0587. The van der Waals surface area contributed by atoms with Crippen molar-refractivity contribution in [1.82, 2.24) is 0 Å². The molecule has 0 atom stereocenters. The number of benzene rings is 7. The largest absolute Gasteiger partial charge is 0.468 e. The van der Waals surface area contributed by atoms with Gasteiger partial charge in [0.15, 0.2) is 5.58 Å². The van der Waals surface area contributed by atoms with Crippen LogP contribution in [0.15, 0.2) is 124 Å². The van der Waals surface area contributed by atoms with E-state index in [1.165, 1.54) is 66.2 Å². The van der Waals surface area contributed by atoms with Gasteiger partial charge in [-0.15, -0.1) is 0 Å². The summed E-state index contributed by atoms with van der Waals surface area (Å²) in [5.41, 5.74) is 20.2. The van der Waals surface area contributed by atoms with E-state index in [1.807, 2.05) is 0 Å². The van der Waals surface area contributed by atoms with Gasteiger partial charge < -0.3 is 23.4 Å². The Balaban J connectivity index is 1.15. The fraction of sp³-hybridized carbons (Fsp3) is 0.323. The van der Waals surface area contributed by atoms with Gasteiger partial charge in [-0.25, -0.2) is 0 Å². The maximum atomic E-state index is 7.60. The number of para-hydroxylation sites is 1. The molecule has 0 spiro atoms. The summed E-state index contributed by atoms with van der Waals surface area (Å²) in [5.74, 6) is 0. The number of furan rings is 2. The van der Waals surface area contributed by atoms with Gasteiger partial charge in [-0.05, 0) is 166 Å². The van der Waals surface area contributed by atoms with Gasteiger partial charge in [0.1, 0.15) is 11.2 Å². The molecule has 2 aromatic heterocycles. The van der Waals surface area contributed by atoms with Gasteiger partial charge >= 0.3 is 0 Å². The molecule has 0 saturated carbocycles. The molecule has 0 amide bonds. The van der Waals surface area contributed by atoms with Crippen LogP contribution in [-0.4, -0.2) is 13.3 Å². The molecule has 6 heteroatoms. The normalized spacial score (nSPS) is 18.4. The molecule has 340 valence electrons. The van der Waals surface area contributed by atoms with Gasteiger partial charge in [0.2, 0.25) is 0 Å². The Morgan fingerprint density at radius 1 is 0.544 bits per heavy atom. The van der Waals surface area contributed by atoms with E-state index in [2.05, 4.69) is 208 Å². The van der Waals surface area contributed by atoms with E-state index in [1.54, 1.807) is 0 Å². The fourth-order valence-corrected chi connectivity index (χ4v) is 12.6. The number of hydrogen-bond acceptors (Lipinski definition) is 5. The van der Waals surface area contributed by atoms with Crippen molar-refractivity contribution in [3.8, 4) is 0 Å². The highest BCUT2D eigenvalue weighted by Crippen LogP contribution is 2.53. The van der Waals surface area contributed by atoms with Crippen LogP contribution in [0.2, 0.25) is 0 Å². The first-order valence-corrected chi connectivity index (χ1v) is 24.8. The molecule has 0 fully saturated rings. The molecule has 68 heavy (non-hydrogen) atoms. The van der Waals surface area contributed by atoms with Crippen molar-refractivity contribution in [2.24, 2.45) is 0 Å². The maximum absolute atomic E-state index is 7.60. The van der Waals surface area contributed by atoms with E-state index in [0.717, 1.165) is 74.5 Å². The van der Waals surface area contributed by atoms with E-state index >= 15 is 0 Å². The molecule has 9 aromatic rings. The first-order valence-electron chi connectivity index (χ1n) is 24.8. The molecule has 7 aromatic carbocycles. The molecular formula is C62H61BN2O3. The Kier molecular flexibility index (Phi) is 8.33. The molecular weight excluding hydrogens is 832 g/mol. The minimum atomic E-state index is -0.461. The van der Waals surface area contributed by atoms with Crippen LogP contribution in [0.1, 0.15) is 122 Å². The van der Waals surface area contributed by atoms with Crippen LogP contribution in [0.4, 0.5) is 34.1 Å². The van der Waals surface area contributed by atoms with Crippen LogP contribution in [0, 0.1) is 6.92 Å². The Morgan fingerprint density at radius 3 is 1.97 bits per heavy atom. The lowest BCUT2D eigenvalue weighted by Crippen LogP contribution is -2.61. The predicted molar refractivity (Wildman–Crippen MR) is 286 cm³/mol. The van der Waals surface area contributed by atoms with Crippen molar-refractivity contribution in [1.29, 1.82) is 0 Å². The summed E-state index contributed by atoms with van der Waals surface area (Å²) in [6.07, 6.45) is 2.28. The molecule has 5 heterocycles. The third kappa shape index (κ3) is 5.79. The van der Waals surface area contributed by atoms with E-state index in [9.17, 15) is 0 Å². The topological polar surface area (TPSA) is 42.0 Å². The molecule has 0 saturated heterocycles. The van der Waals surface area contributed by atoms with Crippen LogP contribution in [0.3, 0.4) is 0 Å². The quantitative estimate of drug-likeness (QED) is 0.162. The maximum Gasteiger partial charge on any atom is 0.297 e. The van der Waals surface area contributed by atoms with Crippen LogP contribution >= 0.6 is 0 Å². The zero-order chi connectivity index (χ0) is 47.2. The highest BCUT2D eigenvalue weighted by Gasteiger charge is 2.49. The van der Waals surface area contributed by atoms with E-state index in [-0.39, 0.29) is 28.4 Å². The van der Waals surface area contributed by atoms with Crippen LogP contribution in [0.5, 0.6) is 0 Å². The summed E-state index contributed by atoms with van der Waals surface area (Å²) in [6, 6.07) is 43.8. The molecule has 0 bridgehead atoms. The van der Waals surface area contributed by atoms with Gasteiger partial charge in [-0.3, -0.25) is 0 Å². The van der Waals surface area contributed by atoms with Crippen LogP contribution < -0.4 is 26.4 Å². The third-order valence-electron chi connectivity index (χ3n) is 16.7. The van der Waals surface area contributed by atoms with Crippen molar-refractivity contribution in [2.75, 3.05) is 16.4 Å². The lowest BCUT2D eigenvalue weighted by atomic mass is 9.35. The van der Waals surface area contributed by atoms with E-state index in [4.69, 9.17) is 13.6 Å². The number of aryl methyl sites for hydroxylation is 1. The number of hydrogen-bond donors (Lipinski definition) is 0. The monoisotopic (exact) mass is 892 g/mol. The van der Waals surface area contributed by atoms with Crippen molar-refractivity contribution in [2.45, 2.75) is 123 Å². The number of rotatable bonds is 2. The number of anilines is 6. The molecule has 0 N–H and O–H groups in total. The van der Waals surface area contributed by atoms with E-state index < -0.39 is 5.60 Å². The van der Waals surface area contributed by atoms with Gasteiger partial charge in [0.05, 0.1) is 29.2 Å².